The van der Waals surface area contributed by atoms with E-state index >= 15 is 0 Å². The second-order valence-corrected chi connectivity index (χ2v) is 5.37. The Balaban J connectivity index is 1.61. The van der Waals surface area contributed by atoms with Gasteiger partial charge in [0.1, 0.15) is 0 Å². The highest BCUT2D eigenvalue weighted by Gasteiger charge is 2.19. The molecule has 2 heteroatoms. The molecule has 1 aliphatic rings. The number of benzene rings is 1. The van der Waals surface area contributed by atoms with E-state index in [4.69, 9.17) is 0 Å². The summed E-state index contributed by atoms with van der Waals surface area (Å²) >= 11 is 0. The number of hydrogen-bond acceptors (Lipinski definition) is 2. The third-order valence-corrected chi connectivity index (χ3v) is 3.37. The summed E-state index contributed by atoms with van der Waals surface area (Å²) in [6.07, 6.45) is 2.87. The van der Waals surface area contributed by atoms with Gasteiger partial charge in [-0.2, -0.15) is 0 Å². The maximum absolute atomic E-state index is 3.53. The van der Waals surface area contributed by atoms with Gasteiger partial charge >= 0.3 is 0 Å². The normalized spacial score (nSPS) is 15.5. The summed E-state index contributed by atoms with van der Waals surface area (Å²) in [4.78, 5) is 2.38. The van der Waals surface area contributed by atoms with Gasteiger partial charge in [0.15, 0.2) is 0 Å². The molecule has 0 heterocycles. The zero-order chi connectivity index (χ0) is 12.1. The molecule has 0 bridgehead atoms. The minimum absolute atomic E-state index is 0.984. The van der Waals surface area contributed by atoms with Gasteiger partial charge in [-0.05, 0) is 44.8 Å². The highest BCUT2D eigenvalue weighted by molar-refractivity contribution is 5.21. The summed E-state index contributed by atoms with van der Waals surface area (Å²) in [5, 5.41) is 3.53. The van der Waals surface area contributed by atoms with E-state index in [1.807, 2.05) is 0 Å². The van der Waals surface area contributed by atoms with Crippen LogP contribution in [0.25, 0.3) is 0 Å². The van der Waals surface area contributed by atoms with Gasteiger partial charge in [0.2, 0.25) is 0 Å². The first-order valence-electron chi connectivity index (χ1n) is 6.69. The molecule has 2 nitrogen and oxygen atoms in total. The molecular weight excluding hydrogens is 208 g/mol. The van der Waals surface area contributed by atoms with Gasteiger partial charge < -0.3 is 10.2 Å². The smallest absolute Gasteiger partial charge is 0.0231 e. The fourth-order valence-electron chi connectivity index (χ4n) is 1.98. The number of aryl methyl sites for hydroxylation is 1. The molecule has 0 saturated heterocycles. The molecule has 1 aliphatic carbocycles. The third kappa shape index (κ3) is 4.88. The van der Waals surface area contributed by atoms with Gasteiger partial charge in [0.25, 0.3) is 0 Å². The lowest BCUT2D eigenvalue weighted by molar-refractivity contribution is 0.323. The van der Waals surface area contributed by atoms with Crippen LogP contribution in [0, 0.1) is 12.8 Å². The molecule has 0 aliphatic heterocycles. The monoisotopic (exact) mass is 232 g/mol. The lowest BCUT2D eigenvalue weighted by Gasteiger charge is -2.17. The molecule has 0 atom stereocenters. The van der Waals surface area contributed by atoms with Crippen molar-refractivity contribution < 1.29 is 0 Å². The summed E-state index contributed by atoms with van der Waals surface area (Å²) in [6, 6.07) is 8.83. The zero-order valence-corrected chi connectivity index (χ0v) is 11.1. The fraction of sp³-hybridized carbons (Fsp3) is 0.600. The van der Waals surface area contributed by atoms with Crippen molar-refractivity contribution >= 4 is 0 Å². The highest BCUT2D eigenvalue weighted by atomic mass is 15.1. The van der Waals surface area contributed by atoms with Crippen LogP contribution in [0.1, 0.15) is 24.0 Å². The van der Waals surface area contributed by atoms with Gasteiger partial charge in [0.05, 0.1) is 0 Å². The topological polar surface area (TPSA) is 15.3 Å². The largest absolute Gasteiger partial charge is 0.315 e. The van der Waals surface area contributed by atoms with Crippen LogP contribution in [0.15, 0.2) is 24.3 Å². The van der Waals surface area contributed by atoms with Crippen LogP contribution in [-0.4, -0.2) is 31.6 Å². The van der Waals surface area contributed by atoms with Crippen molar-refractivity contribution in [2.24, 2.45) is 5.92 Å². The predicted octanol–water partition coefficient (Wildman–Crippen LogP) is 2.43. The molecule has 1 fully saturated rings. The molecule has 1 aromatic rings. The minimum Gasteiger partial charge on any atom is -0.315 e. The van der Waals surface area contributed by atoms with Gasteiger partial charge in [-0.1, -0.05) is 29.8 Å². The molecule has 94 valence electrons. The van der Waals surface area contributed by atoms with E-state index in [9.17, 15) is 0 Å². The molecule has 0 amide bonds. The molecule has 2 rings (SSSR count). The summed E-state index contributed by atoms with van der Waals surface area (Å²) in [6.45, 7) is 6.64. The van der Waals surface area contributed by atoms with Gasteiger partial charge in [-0.25, -0.2) is 0 Å². The van der Waals surface area contributed by atoms with E-state index in [1.54, 1.807) is 0 Å². The molecule has 1 N–H and O–H groups in total. The molecule has 17 heavy (non-hydrogen) atoms. The first-order valence-corrected chi connectivity index (χ1v) is 6.69. The maximum atomic E-state index is 3.53. The zero-order valence-electron chi connectivity index (χ0n) is 11.1. The third-order valence-electron chi connectivity index (χ3n) is 3.37. The van der Waals surface area contributed by atoms with Crippen LogP contribution >= 0.6 is 0 Å². The fourth-order valence-corrected chi connectivity index (χ4v) is 1.98. The van der Waals surface area contributed by atoms with Crippen molar-refractivity contribution in [3.8, 4) is 0 Å². The van der Waals surface area contributed by atoms with Gasteiger partial charge in [-0.3, -0.25) is 0 Å². The van der Waals surface area contributed by atoms with Gasteiger partial charge in [-0.15, -0.1) is 0 Å². The van der Waals surface area contributed by atoms with Crippen molar-refractivity contribution in [2.45, 2.75) is 26.3 Å². The van der Waals surface area contributed by atoms with E-state index < -0.39 is 0 Å². The second kappa shape index (κ2) is 6.18. The van der Waals surface area contributed by atoms with E-state index in [2.05, 4.69) is 48.5 Å². The SMILES string of the molecule is Cc1ccc(CN(C)CCNCC2CC2)cc1. The Labute approximate surface area is 105 Å². The van der Waals surface area contributed by atoms with Crippen molar-refractivity contribution in [3.05, 3.63) is 35.4 Å². The Kier molecular flexibility index (Phi) is 4.57. The standard InChI is InChI=1S/C15H24N2/c1-13-3-5-15(6-4-13)12-17(2)10-9-16-11-14-7-8-14/h3-6,14,16H,7-12H2,1-2H3. The Morgan fingerprint density at radius 2 is 1.94 bits per heavy atom. The lowest BCUT2D eigenvalue weighted by atomic mass is 10.1. The summed E-state index contributed by atoms with van der Waals surface area (Å²) < 4.78 is 0. The number of hydrogen-bond donors (Lipinski definition) is 1. The van der Waals surface area contributed by atoms with Crippen molar-refractivity contribution in [1.82, 2.24) is 10.2 Å². The van der Waals surface area contributed by atoms with E-state index in [0.717, 1.165) is 25.6 Å². The van der Waals surface area contributed by atoms with E-state index in [0.29, 0.717) is 0 Å². The average molecular weight is 232 g/mol. The van der Waals surface area contributed by atoms with Crippen LogP contribution < -0.4 is 5.32 Å². The van der Waals surface area contributed by atoms with E-state index in [1.165, 1.54) is 30.5 Å². The Morgan fingerprint density at radius 1 is 1.24 bits per heavy atom. The quantitative estimate of drug-likeness (QED) is 0.726. The summed E-state index contributed by atoms with van der Waals surface area (Å²) in [5.74, 6) is 0.984. The predicted molar refractivity (Wildman–Crippen MR) is 73.1 cm³/mol. The average Bonchev–Trinajstić information content (AvgIpc) is 3.12. The Hall–Kier alpha value is -0.860. The number of nitrogens with zero attached hydrogens (tertiary/aromatic N) is 1. The number of rotatable bonds is 7. The van der Waals surface area contributed by atoms with Gasteiger partial charge in [0, 0.05) is 19.6 Å². The van der Waals surface area contributed by atoms with Crippen molar-refractivity contribution in [3.63, 3.8) is 0 Å². The lowest BCUT2D eigenvalue weighted by Crippen LogP contribution is -2.30. The number of nitrogens with one attached hydrogen (secondary N) is 1. The molecule has 0 unspecified atom stereocenters. The Morgan fingerprint density at radius 3 is 2.59 bits per heavy atom. The molecule has 1 saturated carbocycles. The summed E-state index contributed by atoms with van der Waals surface area (Å²) in [7, 11) is 2.19. The number of likely N-dealkylation sites (N-methyl/N-ethyl adjacent to an activating group) is 1. The van der Waals surface area contributed by atoms with Crippen LogP contribution in [0.2, 0.25) is 0 Å². The molecule has 0 spiro atoms. The van der Waals surface area contributed by atoms with Crippen LogP contribution in [0.4, 0.5) is 0 Å². The van der Waals surface area contributed by atoms with Crippen LogP contribution in [-0.2, 0) is 6.54 Å². The summed E-state index contributed by atoms with van der Waals surface area (Å²) in [5.41, 5.74) is 2.74. The minimum atomic E-state index is 0.984. The van der Waals surface area contributed by atoms with Crippen LogP contribution in [0.3, 0.4) is 0 Å². The highest BCUT2D eigenvalue weighted by Crippen LogP contribution is 2.27. The maximum Gasteiger partial charge on any atom is 0.0231 e. The molecule has 0 radical (unpaired) electrons. The molecular formula is C15H24N2. The Bertz CT molecular complexity index is 327. The second-order valence-electron chi connectivity index (χ2n) is 5.37. The van der Waals surface area contributed by atoms with Crippen molar-refractivity contribution in [1.29, 1.82) is 0 Å². The van der Waals surface area contributed by atoms with Crippen LogP contribution in [0.5, 0.6) is 0 Å². The first kappa shape index (κ1) is 12.6. The molecule has 0 aromatic heterocycles. The van der Waals surface area contributed by atoms with E-state index in [-0.39, 0.29) is 0 Å². The van der Waals surface area contributed by atoms with Crippen molar-refractivity contribution in [2.75, 3.05) is 26.7 Å². The molecule has 1 aromatic carbocycles. The first-order chi connectivity index (χ1) is 8.24.